The normalized spacial score (nSPS) is 14.9. The van der Waals surface area contributed by atoms with E-state index < -0.39 is 0 Å². The van der Waals surface area contributed by atoms with Gasteiger partial charge in [-0.05, 0) is 98.0 Å². The first kappa shape index (κ1) is 32.8. The molecule has 0 saturated heterocycles. The van der Waals surface area contributed by atoms with Crippen molar-refractivity contribution in [2.75, 3.05) is 4.90 Å². The van der Waals surface area contributed by atoms with Crippen molar-refractivity contribution >= 4 is 39.0 Å². The minimum atomic E-state index is -0.277. The zero-order valence-corrected chi connectivity index (χ0v) is 32.2. The van der Waals surface area contributed by atoms with Crippen LogP contribution in [0, 0.1) is 0 Å². The van der Waals surface area contributed by atoms with Crippen LogP contribution in [0.2, 0.25) is 0 Å². The van der Waals surface area contributed by atoms with Gasteiger partial charge in [-0.2, -0.15) is 0 Å². The van der Waals surface area contributed by atoms with Crippen molar-refractivity contribution in [2.45, 2.75) is 64.7 Å². The summed E-state index contributed by atoms with van der Waals surface area (Å²) in [6.45, 7) is 16.3. The summed E-state index contributed by atoms with van der Waals surface area (Å²) in [6, 6.07) is 53.9. The number of para-hydroxylation sites is 1. The van der Waals surface area contributed by atoms with E-state index in [2.05, 4.69) is 199 Å². The standard InChI is InChI=1S/C52H45NO/c1-50(2,3)44-19-13-17-41-42-29-28-40-39-27-25-36(31-46(39)52(6,7)47(40)49(42)54-48(41)44)53(34-22-20-33(21-23-34)32-14-9-8-10-15-32)35-24-26-38-37-16-11-12-18-43(37)51(4,5)45(38)30-35/h8-31H,1-7H3. The monoisotopic (exact) mass is 699 g/mol. The molecule has 0 saturated carbocycles. The number of furan rings is 1. The van der Waals surface area contributed by atoms with Crippen LogP contribution in [0.1, 0.15) is 76.3 Å². The second kappa shape index (κ2) is 11.3. The van der Waals surface area contributed by atoms with Crippen LogP contribution in [0.5, 0.6) is 0 Å². The van der Waals surface area contributed by atoms with E-state index in [4.69, 9.17) is 4.42 Å². The van der Waals surface area contributed by atoms with E-state index in [-0.39, 0.29) is 16.2 Å². The molecule has 1 aromatic heterocycles. The van der Waals surface area contributed by atoms with Crippen molar-refractivity contribution in [3.63, 3.8) is 0 Å². The number of fused-ring (bicyclic) bond motifs is 10. The van der Waals surface area contributed by atoms with E-state index in [0.717, 1.165) is 28.2 Å². The van der Waals surface area contributed by atoms with Gasteiger partial charge in [0.2, 0.25) is 0 Å². The number of hydrogen-bond donors (Lipinski definition) is 0. The lowest BCUT2D eigenvalue weighted by atomic mass is 9.81. The smallest absolute Gasteiger partial charge is 0.140 e. The molecule has 54 heavy (non-hydrogen) atoms. The fourth-order valence-corrected chi connectivity index (χ4v) is 9.57. The van der Waals surface area contributed by atoms with Gasteiger partial charge in [-0.1, -0.05) is 152 Å². The van der Waals surface area contributed by atoms with Gasteiger partial charge in [-0.25, -0.2) is 0 Å². The Morgan fingerprint density at radius 1 is 0.444 bits per heavy atom. The van der Waals surface area contributed by atoms with Crippen molar-refractivity contribution < 1.29 is 4.42 Å². The Morgan fingerprint density at radius 2 is 1.00 bits per heavy atom. The topological polar surface area (TPSA) is 16.4 Å². The summed E-state index contributed by atoms with van der Waals surface area (Å²) in [5.74, 6) is 0. The third-order valence-electron chi connectivity index (χ3n) is 12.4. The summed E-state index contributed by atoms with van der Waals surface area (Å²) in [5, 5.41) is 2.39. The number of rotatable bonds is 4. The zero-order chi connectivity index (χ0) is 37.1. The Kier molecular flexibility index (Phi) is 6.87. The lowest BCUT2D eigenvalue weighted by Gasteiger charge is -2.30. The van der Waals surface area contributed by atoms with Crippen molar-refractivity contribution in [1.82, 2.24) is 0 Å². The minimum Gasteiger partial charge on any atom is -0.455 e. The fourth-order valence-electron chi connectivity index (χ4n) is 9.57. The summed E-state index contributed by atoms with van der Waals surface area (Å²) in [5.41, 5.74) is 19.3. The van der Waals surface area contributed by atoms with Gasteiger partial charge < -0.3 is 9.32 Å². The van der Waals surface area contributed by atoms with Crippen molar-refractivity contribution in [2.24, 2.45) is 0 Å². The first-order valence-electron chi connectivity index (χ1n) is 19.3. The molecule has 0 spiro atoms. The molecule has 1 heterocycles. The molecule has 0 N–H and O–H groups in total. The van der Waals surface area contributed by atoms with E-state index in [0.29, 0.717) is 0 Å². The molecule has 7 aromatic carbocycles. The Hall–Kier alpha value is -5.86. The van der Waals surface area contributed by atoms with Crippen LogP contribution in [0.3, 0.4) is 0 Å². The van der Waals surface area contributed by atoms with Crippen LogP contribution in [0.25, 0.3) is 55.3 Å². The highest BCUT2D eigenvalue weighted by Gasteiger charge is 2.40. The first-order valence-corrected chi connectivity index (χ1v) is 19.3. The average molecular weight is 700 g/mol. The van der Waals surface area contributed by atoms with Crippen molar-refractivity contribution in [1.29, 1.82) is 0 Å². The Morgan fingerprint density at radius 3 is 1.70 bits per heavy atom. The quantitative estimate of drug-likeness (QED) is 0.182. The van der Waals surface area contributed by atoms with Gasteiger partial charge in [0, 0.05) is 49.8 Å². The maximum atomic E-state index is 6.96. The predicted molar refractivity (Wildman–Crippen MR) is 228 cm³/mol. The number of hydrogen-bond acceptors (Lipinski definition) is 2. The van der Waals surface area contributed by atoms with Crippen LogP contribution < -0.4 is 4.90 Å². The molecule has 0 bridgehead atoms. The summed E-state index contributed by atoms with van der Waals surface area (Å²) in [6.07, 6.45) is 0. The van der Waals surface area contributed by atoms with Gasteiger partial charge in [0.25, 0.3) is 0 Å². The van der Waals surface area contributed by atoms with E-state index in [1.807, 2.05) is 0 Å². The molecule has 2 aliphatic carbocycles. The number of benzene rings is 7. The fraction of sp³-hybridized carbons (Fsp3) is 0.192. The maximum absolute atomic E-state index is 6.96. The molecule has 264 valence electrons. The highest BCUT2D eigenvalue weighted by molar-refractivity contribution is 6.10. The summed E-state index contributed by atoms with van der Waals surface area (Å²) < 4.78 is 6.96. The molecular formula is C52H45NO. The van der Waals surface area contributed by atoms with E-state index in [1.54, 1.807) is 0 Å². The van der Waals surface area contributed by atoms with Gasteiger partial charge in [0.05, 0.1) is 0 Å². The SMILES string of the molecule is CC(C)(C)c1cccc2c1oc1c3c(ccc12)-c1ccc(N(c2ccc(-c4ccccc4)cc2)c2ccc4c(c2)C(C)(C)c2ccccc2-4)cc1C3(C)C. The summed E-state index contributed by atoms with van der Waals surface area (Å²) in [4.78, 5) is 2.44. The van der Waals surface area contributed by atoms with Gasteiger partial charge in [0.15, 0.2) is 0 Å². The Balaban J connectivity index is 1.14. The Bertz CT molecular complexity index is 2790. The average Bonchev–Trinajstić information content (AvgIpc) is 3.74. The van der Waals surface area contributed by atoms with Gasteiger partial charge in [-0.15, -0.1) is 0 Å². The number of nitrogens with zero attached hydrogens (tertiary/aromatic N) is 1. The second-order valence-corrected chi connectivity index (χ2v) is 17.4. The lowest BCUT2D eigenvalue weighted by Crippen LogP contribution is -2.18. The third kappa shape index (κ3) is 4.65. The first-order chi connectivity index (χ1) is 25.9. The van der Waals surface area contributed by atoms with Crippen molar-refractivity contribution in [3.05, 3.63) is 173 Å². The van der Waals surface area contributed by atoms with E-state index >= 15 is 0 Å². The molecule has 10 rings (SSSR count). The number of anilines is 3. The van der Waals surface area contributed by atoms with Crippen LogP contribution >= 0.6 is 0 Å². The van der Waals surface area contributed by atoms with Gasteiger partial charge >= 0.3 is 0 Å². The van der Waals surface area contributed by atoms with E-state index in [9.17, 15) is 0 Å². The molecule has 2 heteroatoms. The molecule has 8 aromatic rings. The maximum Gasteiger partial charge on any atom is 0.140 e. The molecule has 2 aliphatic rings. The molecule has 0 aliphatic heterocycles. The molecule has 0 amide bonds. The van der Waals surface area contributed by atoms with Gasteiger partial charge in [-0.3, -0.25) is 0 Å². The predicted octanol–water partition coefficient (Wildman–Crippen LogP) is 14.6. The highest BCUT2D eigenvalue weighted by atomic mass is 16.3. The largest absolute Gasteiger partial charge is 0.455 e. The molecule has 2 nitrogen and oxygen atoms in total. The molecule has 0 radical (unpaired) electrons. The van der Waals surface area contributed by atoms with Crippen LogP contribution in [0.15, 0.2) is 150 Å². The summed E-state index contributed by atoms with van der Waals surface area (Å²) >= 11 is 0. The zero-order valence-electron chi connectivity index (χ0n) is 32.2. The summed E-state index contributed by atoms with van der Waals surface area (Å²) in [7, 11) is 0. The van der Waals surface area contributed by atoms with Crippen LogP contribution in [-0.2, 0) is 16.2 Å². The van der Waals surface area contributed by atoms with Gasteiger partial charge in [0.1, 0.15) is 11.2 Å². The van der Waals surface area contributed by atoms with E-state index in [1.165, 1.54) is 72.0 Å². The molecule has 0 fully saturated rings. The van der Waals surface area contributed by atoms with Crippen LogP contribution in [-0.4, -0.2) is 0 Å². The molecule has 0 unspecified atom stereocenters. The van der Waals surface area contributed by atoms with Crippen molar-refractivity contribution in [3.8, 4) is 33.4 Å². The molecule has 0 atom stereocenters. The second-order valence-electron chi connectivity index (χ2n) is 17.4. The van der Waals surface area contributed by atoms with Crippen LogP contribution in [0.4, 0.5) is 17.1 Å². The molecular weight excluding hydrogens is 655 g/mol. The minimum absolute atomic E-state index is 0.0255. The Labute approximate surface area is 318 Å². The third-order valence-corrected chi connectivity index (χ3v) is 12.4. The highest BCUT2D eigenvalue weighted by Crippen LogP contribution is 2.55. The lowest BCUT2D eigenvalue weighted by molar-refractivity contribution is 0.568.